The van der Waals surface area contributed by atoms with Crippen LogP contribution in [0.1, 0.15) is 52.6 Å². The van der Waals surface area contributed by atoms with Crippen LogP contribution in [-0.2, 0) is 9.53 Å². The zero-order valence-electron chi connectivity index (χ0n) is 19.1. The third kappa shape index (κ3) is 5.25. The smallest absolute Gasteiger partial charge is 0.344 e. The fourth-order valence-electron chi connectivity index (χ4n) is 3.68. The Kier molecular flexibility index (Phi) is 7.13. The second kappa shape index (κ2) is 9.81. The van der Waals surface area contributed by atoms with E-state index in [2.05, 4.69) is 13.8 Å². The van der Waals surface area contributed by atoms with Gasteiger partial charge in [0.25, 0.3) is 0 Å². The van der Waals surface area contributed by atoms with E-state index < -0.39 is 5.97 Å². The molecule has 0 fully saturated rings. The maximum absolute atomic E-state index is 13.2. The van der Waals surface area contributed by atoms with Gasteiger partial charge >= 0.3 is 5.97 Å². The molecule has 0 N–H and O–H groups in total. The van der Waals surface area contributed by atoms with Gasteiger partial charge in [-0.25, -0.2) is 9.18 Å². The van der Waals surface area contributed by atoms with E-state index in [1.54, 1.807) is 25.1 Å². The molecule has 0 unspecified atom stereocenters. The van der Waals surface area contributed by atoms with Crippen LogP contribution >= 0.6 is 0 Å². The third-order valence-corrected chi connectivity index (χ3v) is 5.32. The molecule has 0 saturated carbocycles. The molecule has 168 valence electrons. The summed E-state index contributed by atoms with van der Waals surface area (Å²) in [6.45, 7) is 9.08. The maximum Gasteiger partial charge on any atom is 0.344 e. The van der Waals surface area contributed by atoms with Crippen LogP contribution < -0.4 is 4.74 Å². The summed E-state index contributed by atoms with van der Waals surface area (Å²) in [6, 6.07) is 13.7. The number of rotatable bonds is 8. The van der Waals surface area contributed by atoms with E-state index in [1.807, 2.05) is 36.6 Å². The molecule has 6 heteroatoms. The lowest BCUT2D eigenvalue weighted by Crippen LogP contribution is -2.20. The van der Waals surface area contributed by atoms with Gasteiger partial charge < -0.3 is 14.0 Å². The van der Waals surface area contributed by atoms with Gasteiger partial charge in [0.05, 0.1) is 0 Å². The van der Waals surface area contributed by atoms with Crippen molar-refractivity contribution in [3.05, 3.63) is 82.4 Å². The topological polar surface area (TPSA) is 57.5 Å². The molecule has 0 aliphatic heterocycles. The number of carbonyl (C=O) groups is 2. The SMILES string of the molecule is Cc1ccc(C(C)C)c(OCC(=O)OCC(=O)c2cc(C)n(-c3ccc(F)cc3)c2C)c1. The average Bonchev–Trinajstić information content (AvgIpc) is 3.05. The van der Waals surface area contributed by atoms with Crippen LogP contribution in [-0.4, -0.2) is 29.5 Å². The second-order valence-corrected chi connectivity index (χ2v) is 8.17. The first kappa shape index (κ1) is 23.3. The van der Waals surface area contributed by atoms with Gasteiger partial charge in [0.15, 0.2) is 13.2 Å². The molecule has 0 bridgehead atoms. The van der Waals surface area contributed by atoms with Crippen molar-refractivity contribution in [2.45, 2.75) is 40.5 Å². The second-order valence-electron chi connectivity index (χ2n) is 8.17. The number of hydrogen-bond donors (Lipinski definition) is 0. The molecule has 1 heterocycles. The number of ether oxygens (including phenoxy) is 2. The first-order chi connectivity index (χ1) is 15.2. The summed E-state index contributed by atoms with van der Waals surface area (Å²) in [5.41, 5.74) is 4.78. The molecule has 0 saturated heterocycles. The molecule has 0 amide bonds. The highest BCUT2D eigenvalue weighted by atomic mass is 19.1. The Labute approximate surface area is 187 Å². The molecule has 0 radical (unpaired) electrons. The number of esters is 1. The van der Waals surface area contributed by atoms with E-state index in [0.29, 0.717) is 17.0 Å². The molecule has 1 aromatic heterocycles. The maximum atomic E-state index is 13.2. The van der Waals surface area contributed by atoms with E-state index in [1.165, 1.54) is 12.1 Å². The standard InChI is InChI=1S/C26H28FNO4/c1-16(2)22-11-6-17(3)12-25(22)31-15-26(30)32-14-24(29)23-13-18(4)28(19(23)5)21-9-7-20(27)8-10-21/h6-13,16H,14-15H2,1-5H3. The molecule has 0 spiro atoms. The minimum atomic E-state index is -0.609. The number of aryl methyl sites for hydroxylation is 2. The van der Waals surface area contributed by atoms with Gasteiger partial charge in [-0.15, -0.1) is 0 Å². The summed E-state index contributed by atoms with van der Waals surface area (Å²) in [5, 5.41) is 0. The van der Waals surface area contributed by atoms with Gasteiger partial charge in [0, 0.05) is 22.6 Å². The van der Waals surface area contributed by atoms with E-state index in [-0.39, 0.29) is 30.7 Å². The minimum absolute atomic E-state index is 0.250. The number of aromatic nitrogens is 1. The normalized spacial score (nSPS) is 11.0. The lowest BCUT2D eigenvalue weighted by Gasteiger charge is -2.14. The summed E-state index contributed by atoms with van der Waals surface area (Å²) < 4.78 is 25.9. The van der Waals surface area contributed by atoms with Crippen LogP contribution in [0.25, 0.3) is 5.69 Å². The Bertz CT molecular complexity index is 1130. The van der Waals surface area contributed by atoms with Crippen molar-refractivity contribution in [2.24, 2.45) is 0 Å². The summed E-state index contributed by atoms with van der Waals surface area (Å²) in [6.07, 6.45) is 0. The molecule has 3 aromatic rings. The zero-order valence-corrected chi connectivity index (χ0v) is 19.1. The summed E-state index contributed by atoms with van der Waals surface area (Å²) in [5.74, 6) is -0.348. The summed E-state index contributed by atoms with van der Waals surface area (Å²) in [4.78, 5) is 24.9. The van der Waals surface area contributed by atoms with E-state index in [4.69, 9.17) is 9.47 Å². The van der Waals surface area contributed by atoms with Crippen molar-refractivity contribution in [2.75, 3.05) is 13.2 Å². The molecule has 32 heavy (non-hydrogen) atoms. The number of halogens is 1. The molecular weight excluding hydrogens is 409 g/mol. The Morgan fingerprint density at radius 1 is 0.969 bits per heavy atom. The Morgan fingerprint density at radius 3 is 2.31 bits per heavy atom. The molecule has 2 aromatic carbocycles. The number of nitrogens with zero attached hydrogens (tertiary/aromatic N) is 1. The lowest BCUT2D eigenvalue weighted by molar-refractivity contribution is -0.144. The fraction of sp³-hybridized carbons (Fsp3) is 0.308. The van der Waals surface area contributed by atoms with Gasteiger partial charge in [0.1, 0.15) is 11.6 Å². The summed E-state index contributed by atoms with van der Waals surface area (Å²) in [7, 11) is 0. The molecule has 0 atom stereocenters. The largest absolute Gasteiger partial charge is 0.482 e. The van der Waals surface area contributed by atoms with Crippen LogP contribution in [0.4, 0.5) is 4.39 Å². The van der Waals surface area contributed by atoms with Crippen molar-refractivity contribution in [3.63, 3.8) is 0 Å². The van der Waals surface area contributed by atoms with Gasteiger partial charge in [-0.3, -0.25) is 4.79 Å². The van der Waals surface area contributed by atoms with Crippen molar-refractivity contribution in [1.29, 1.82) is 0 Å². The zero-order chi connectivity index (χ0) is 23.4. The average molecular weight is 438 g/mol. The number of carbonyl (C=O) groups excluding carboxylic acids is 2. The van der Waals surface area contributed by atoms with Crippen LogP contribution in [0.3, 0.4) is 0 Å². The number of ketones is 1. The Balaban J connectivity index is 1.63. The predicted molar refractivity (Wildman–Crippen MR) is 121 cm³/mol. The van der Waals surface area contributed by atoms with Crippen molar-refractivity contribution < 1.29 is 23.5 Å². The molecular formula is C26H28FNO4. The van der Waals surface area contributed by atoms with Crippen molar-refractivity contribution in [3.8, 4) is 11.4 Å². The van der Waals surface area contributed by atoms with E-state index >= 15 is 0 Å². The van der Waals surface area contributed by atoms with Gasteiger partial charge in [-0.05, 0) is 74.2 Å². The number of benzene rings is 2. The number of Topliss-reactive ketones (excluding diaryl/α,β-unsaturated/α-hetero) is 1. The highest BCUT2D eigenvalue weighted by Gasteiger charge is 2.19. The van der Waals surface area contributed by atoms with Gasteiger partial charge in [-0.2, -0.15) is 0 Å². The monoisotopic (exact) mass is 437 g/mol. The van der Waals surface area contributed by atoms with Crippen LogP contribution in [0.2, 0.25) is 0 Å². The minimum Gasteiger partial charge on any atom is -0.482 e. The molecule has 3 rings (SSSR count). The van der Waals surface area contributed by atoms with E-state index in [0.717, 1.165) is 22.5 Å². The quantitative estimate of drug-likeness (QED) is 0.346. The molecule has 0 aliphatic carbocycles. The highest BCUT2D eigenvalue weighted by molar-refractivity contribution is 5.99. The molecule has 0 aliphatic rings. The number of hydrogen-bond acceptors (Lipinski definition) is 4. The lowest BCUT2D eigenvalue weighted by atomic mass is 10.0. The third-order valence-electron chi connectivity index (χ3n) is 5.32. The first-order valence-corrected chi connectivity index (χ1v) is 10.5. The predicted octanol–water partition coefficient (Wildman–Crippen LogP) is 5.47. The summed E-state index contributed by atoms with van der Waals surface area (Å²) >= 11 is 0. The Morgan fingerprint density at radius 2 is 1.66 bits per heavy atom. The van der Waals surface area contributed by atoms with Gasteiger partial charge in [0.2, 0.25) is 5.78 Å². The van der Waals surface area contributed by atoms with Gasteiger partial charge in [-0.1, -0.05) is 26.0 Å². The fourth-order valence-corrected chi connectivity index (χ4v) is 3.68. The Hall–Kier alpha value is -3.41. The molecule has 5 nitrogen and oxygen atoms in total. The first-order valence-electron chi connectivity index (χ1n) is 10.5. The van der Waals surface area contributed by atoms with Crippen LogP contribution in [0.5, 0.6) is 5.75 Å². The highest BCUT2D eigenvalue weighted by Crippen LogP contribution is 2.27. The van der Waals surface area contributed by atoms with Crippen molar-refractivity contribution >= 4 is 11.8 Å². The van der Waals surface area contributed by atoms with E-state index in [9.17, 15) is 14.0 Å². The van der Waals surface area contributed by atoms with Crippen LogP contribution in [0, 0.1) is 26.6 Å². The van der Waals surface area contributed by atoms with Crippen LogP contribution in [0.15, 0.2) is 48.5 Å². The van der Waals surface area contributed by atoms with Crippen molar-refractivity contribution in [1.82, 2.24) is 4.57 Å².